The monoisotopic (exact) mass is 404 g/mol. The third-order valence-electron chi connectivity index (χ3n) is 4.16. The van der Waals surface area contributed by atoms with Gasteiger partial charge in [0.1, 0.15) is 16.0 Å². The molecule has 1 aromatic rings. The number of benzene rings is 1. The normalized spacial score (nSPS) is 17.2. The molecule has 0 aromatic heterocycles. The smallest absolute Gasteiger partial charge is 0.141 e. The van der Waals surface area contributed by atoms with Crippen LogP contribution in [-0.2, 0) is 0 Å². The summed E-state index contributed by atoms with van der Waals surface area (Å²) in [6.07, 6.45) is 8.08. The number of methoxy groups -OCH3 is 2. The van der Waals surface area contributed by atoms with E-state index in [2.05, 4.69) is 37.9 Å². The maximum absolute atomic E-state index is 5.55. The van der Waals surface area contributed by atoms with Crippen molar-refractivity contribution in [3.63, 3.8) is 0 Å². The van der Waals surface area contributed by atoms with Crippen LogP contribution in [0.4, 0.5) is 0 Å². The van der Waals surface area contributed by atoms with Gasteiger partial charge in [-0.15, -0.1) is 0 Å². The zero-order valence-electron chi connectivity index (χ0n) is 12.1. The first-order valence-electron chi connectivity index (χ1n) is 7.21. The van der Waals surface area contributed by atoms with Gasteiger partial charge < -0.3 is 9.47 Å². The van der Waals surface area contributed by atoms with Gasteiger partial charge in [0.2, 0.25) is 0 Å². The van der Waals surface area contributed by atoms with Crippen molar-refractivity contribution in [2.45, 2.75) is 43.4 Å². The minimum atomic E-state index is 0.334. The second-order valence-electron chi connectivity index (χ2n) is 5.40. The zero-order chi connectivity index (χ0) is 14.5. The Morgan fingerprint density at radius 1 is 1.20 bits per heavy atom. The van der Waals surface area contributed by atoms with Gasteiger partial charge >= 0.3 is 0 Å². The highest BCUT2D eigenvalue weighted by atomic mass is 79.9. The van der Waals surface area contributed by atoms with Gasteiger partial charge in [0.05, 0.1) is 14.2 Å². The second kappa shape index (κ2) is 7.69. The van der Waals surface area contributed by atoms with Crippen molar-refractivity contribution in [3.8, 4) is 11.5 Å². The molecule has 0 amide bonds. The molecule has 2 nitrogen and oxygen atoms in total. The van der Waals surface area contributed by atoms with Gasteiger partial charge in [-0.05, 0) is 40.8 Å². The van der Waals surface area contributed by atoms with Crippen molar-refractivity contribution in [1.82, 2.24) is 0 Å². The van der Waals surface area contributed by atoms with Gasteiger partial charge in [-0.2, -0.15) is 0 Å². The lowest BCUT2D eigenvalue weighted by molar-refractivity contribution is 0.384. The van der Waals surface area contributed by atoms with E-state index in [1.54, 1.807) is 14.2 Å². The number of halogens is 2. The molecule has 0 radical (unpaired) electrons. The lowest BCUT2D eigenvalue weighted by Crippen LogP contribution is -2.01. The molecule has 0 heterocycles. The van der Waals surface area contributed by atoms with Crippen molar-refractivity contribution in [2.75, 3.05) is 14.2 Å². The maximum Gasteiger partial charge on any atom is 0.141 e. The van der Waals surface area contributed by atoms with E-state index in [-0.39, 0.29) is 0 Å². The number of hydrogen-bond donors (Lipinski definition) is 0. The second-order valence-corrected chi connectivity index (χ2v) is 7.30. The summed E-state index contributed by atoms with van der Waals surface area (Å²) in [6.45, 7) is 0. The molecule has 1 saturated carbocycles. The Labute approximate surface area is 138 Å². The Morgan fingerprint density at radius 2 is 1.90 bits per heavy atom. The van der Waals surface area contributed by atoms with Crippen LogP contribution in [0.1, 0.15) is 48.9 Å². The van der Waals surface area contributed by atoms with Gasteiger partial charge in [0.15, 0.2) is 0 Å². The quantitative estimate of drug-likeness (QED) is 0.550. The molecule has 20 heavy (non-hydrogen) atoms. The number of ether oxygens (including phenoxy) is 2. The highest BCUT2D eigenvalue weighted by molar-refractivity contribution is 9.10. The van der Waals surface area contributed by atoms with E-state index in [9.17, 15) is 0 Å². The first-order valence-corrected chi connectivity index (χ1v) is 8.92. The molecule has 0 saturated heterocycles. The first-order chi connectivity index (χ1) is 9.67. The molecule has 112 valence electrons. The molecule has 1 aromatic carbocycles. The largest absolute Gasteiger partial charge is 0.495 e. The van der Waals surface area contributed by atoms with Crippen LogP contribution in [0.15, 0.2) is 16.6 Å². The molecule has 1 fully saturated rings. The summed E-state index contributed by atoms with van der Waals surface area (Å²) in [7, 11) is 3.38. The summed E-state index contributed by atoms with van der Waals surface area (Å²) in [5.74, 6) is 2.60. The third-order valence-corrected chi connectivity index (χ3v) is 5.86. The fourth-order valence-electron chi connectivity index (χ4n) is 3.00. The highest BCUT2D eigenvalue weighted by Gasteiger charge is 2.21. The number of rotatable bonds is 6. The summed E-state index contributed by atoms with van der Waals surface area (Å²) in [5, 5.41) is 0. The fraction of sp³-hybridized carbons (Fsp3) is 0.625. The molecule has 1 unspecified atom stereocenters. The predicted octanol–water partition coefficient (Wildman–Crippen LogP) is 5.87. The molecule has 0 N–H and O–H groups in total. The minimum Gasteiger partial charge on any atom is -0.495 e. The summed E-state index contributed by atoms with van der Waals surface area (Å²) in [4.78, 5) is 0.334. The van der Waals surface area contributed by atoms with Gasteiger partial charge in [0, 0.05) is 10.4 Å². The SMILES string of the molecule is COc1ccc(C(Br)CCC2CCCC2)c(OC)c1Br. The zero-order valence-corrected chi connectivity index (χ0v) is 15.3. The fourth-order valence-corrected chi connectivity index (χ4v) is 4.31. The standard InChI is InChI=1S/C16H22Br2O2/c1-19-14-10-8-12(16(20-2)15(14)18)13(17)9-7-11-5-3-4-6-11/h8,10-11,13H,3-7,9H2,1-2H3. The molecule has 0 aliphatic heterocycles. The Bertz CT molecular complexity index is 442. The van der Waals surface area contributed by atoms with Gasteiger partial charge in [-0.1, -0.05) is 47.7 Å². The van der Waals surface area contributed by atoms with Gasteiger partial charge in [-0.25, -0.2) is 0 Å². The van der Waals surface area contributed by atoms with E-state index in [0.29, 0.717) is 4.83 Å². The Hall–Kier alpha value is -0.220. The van der Waals surface area contributed by atoms with Crippen molar-refractivity contribution in [1.29, 1.82) is 0 Å². The lowest BCUT2D eigenvalue weighted by Gasteiger charge is -2.18. The van der Waals surface area contributed by atoms with Crippen molar-refractivity contribution >= 4 is 31.9 Å². The van der Waals surface area contributed by atoms with E-state index in [1.807, 2.05) is 6.07 Å². The van der Waals surface area contributed by atoms with E-state index in [1.165, 1.54) is 37.7 Å². The molecule has 1 atom stereocenters. The molecule has 4 heteroatoms. The minimum absolute atomic E-state index is 0.334. The number of alkyl halides is 1. The average Bonchev–Trinajstić information content (AvgIpc) is 2.97. The van der Waals surface area contributed by atoms with Crippen LogP contribution in [-0.4, -0.2) is 14.2 Å². The van der Waals surface area contributed by atoms with E-state index in [4.69, 9.17) is 9.47 Å². The van der Waals surface area contributed by atoms with Crippen LogP contribution >= 0.6 is 31.9 Å². The molecule has 1 aliphatic carbocycles. The summed E-state index contributed by atoms with van der Waals surface area (Å²) >= 11 is 7.39. The van der Waals surface area contributed by atoms with Crippen LogP contribution in [0.5, 0.6) is 11.5 Å². The van der Waals surface area contributed by atoms with Crippen LogP contribution in [0.3, 0.4) is 0 Å². The highest BCUT2D eigenvalue weighted by Crippen LogP contribution is 2.44. The van der Waals surface area contributed by atoms with E-state index < -0.39 is 0 Å². The van der Waals surface area contributed by atoms with Crippen LogP contribution in [0, 0.1) is 5.92 Å². The van der Waals surface area contributed by atoms with Crippen LogP contribution in [0.2, 0.25) is 0 Å². The van der Waals surface area contributed by atoms with Crippen LogP contribution < -0.4 is 9.47 Å². The molecular formula is C16H22Br2O2. The van der Waals surface area contributed by atoms with Crippen molar-refractivity contribution in [2.24, 2.45) is 5.92 Å². The Balaban J connectivity index is 2.08. The third kappa shape index (κ3) is 3.70. The van der Waals surface area contributed by atoms with Crippen molar-refractivity contribution < 1.29 is 9.47 Å². The molecule has 0 bridgehead atoms. The first kappa shape index (κ1) is 16.2. The summed E-state index contributed by atoms with van der Waals surface area (Å²) < 4.78 is 11.8. The molecule has 0 spiro atoms. The maximum atomic E-state index is 5.55. The van der Waals surface area contributed by atoms with Crippen molar-refractivity contribution in [3.05, 3.63) is 22.2 Å². The van der Waals surface area contributed by atoms with Gasteiger partial charge in [0.25, 0.3) is 0 Å². The molecule has 2 rings (SSSR count). The van der Waals surface area contributed by atoms with Crippen LogP contribution in [0.25, 0.3) is 0 Å². The summed E-state index contributed by atoms with van der Waals surface area (Å²) in [6, 6.07) is 4.09. The molecular weight excluding hydrogens is 384 g/mol. The topological polar surface area (TPSA) is 18.5 Å². The van der Waals surface area contributed by atoms with E-state index in [0.717, 1.165) is 28.3 Å². The Morgan fingerprint density at radius 3 is 2.50 bits per heavy atom. The predicted molar refractivity (Wildman–Crippen MR) is 90.1 cm³/mol. The lowest BCUT2D eigenvalue weighted by atomic mass is 9.98. The van der Waals surface area contributed by atoms with E-state index >= 15 is 0 Å². The average molecular weight is 406 g/mol. The molecule has 1 aliphatic rings. The number of hydrogen-bond acceptors (Lipinski definition) is 2. The summed E-state index contributed by atoms with van der Waals surface area (Å²) in [5.41, 5.74) is 1.19. The Kier molecular flexibility index (Phi) is 6.21. The van der Waals surface area contributed by atoms with Gasteiger partial charge in [-0.3, -0.25) is 0 Å².